The van der Waals surface area contributed by atoms with E-state index in [-0.39, 0.29) is 13.2 Å². The lowest BCUT2D eigenvalue weighted by atomic mass is 9.76. The zero-order chi connectivity index (χ0) is 11.3. The minimum absolute atomic E-state index is 0.00218. The molecule has 0 aliphatic heterocycles. The van der Waals surface area contributed by atoms with Gasteiger partial charge in [-0.05, 0) is 24.5 Å². The predicted octanol–water partition coefficient (Wildman–Crippen LogP) is 2.02. The zero-order valence-corrected chi connectivity index (χ0v) is 9.53. The van der Waals surface area contributed by atoms with Crippen LogP contribution in [0.4, 0.5) is 0 Å². The van der Waals surface area contributed by atoms with E-state index in [1.165, 1.54) is 0 Å². The molecule has 0 amide bonds. The molecule has 0 bridgehead atoms. The van der Waals surface area contributed by atoms with Crippen LogP contribution in [0.5, 0.6) is 0 Å². The van der Waals surface area contributed by atoms with Crippen LogP contribution in [0, 0.1) is 6.92 Å². The fourth-order valence-corrected chi connectivity index (χ4v) is 2.16. The van der Waals surface area contributed by atoms with Gasteiger partial charge in [-0.15, -0.1) is 0 Å². The second-order valence-electron chi connectivity index (χ2n) is 4.16. The van der Waals surface area contributed by atoms with Gasteiger partial charge in [0.1, 0.15) is 0 Å². The van der Waals surface area contributed by atoms with Crippen molar-refractivity contribution in [1.82, 2.24) is 0 Å². The Morgan fingerprint density at radius 3 is 2.20 bits per heavy atom. The van der Waals surface area contributed by atoms with Crippen LogP contribution in [0.1, 0.15) is 30.9 Å². The molecule has 0 heterocycles. The number of aliphatic hydroxyl groups excluding tert-OH is 2. The summed E-state index contributed by atoms with van der Waals surface area (Å²) in [5.74, 6) is 0. The van der Waals surface area contributed by atoms with Gasteiger partial charge in [0.05, 0.1) is 13.2 Å². The molecular formula is C13H20O2. The van der Waals surface area contributed by atoms with Crippen LogP contribution in [0.25, 0.3) is 0 Å². The summed E-state index contributed by atoms with van der Waals surface area (Å²) in [6.07, 6.45) is 1.76. The number of hydrogen-bond acceptors (Lipinski definition) is 2. The maximum Gasteiger partial charge on any atom is 0.0550 e. The molecule has 2 N–H and O–H groups in total. The van der Waals surface area contributed by atoms with Crippen LogP contribution in [0.15, 0.2) is 24.3 Å². The van der Waals surface area contributed by atoms with Crippen LogP contribution in [0.2, 0.25) is 0 Å². The number of benzene rings is 1. The normalized spacial score (nSPS) is 11.7. The van der Waals surface area contributed by atoms with Crippen LogP contribution < -0.4 is 0 Å². The Bertz CT molecular complexity index is 303. The lowest BCUT2D eigenvalue weighted by molar-refractivity contribution is 0.108. The number of aryl methyl sites for hydroxylation is 1. The van der Waals surface area contributed by atoms with Crippen molar-refractivity contribution in [3.63, 3.8) is 0 Å². The van der Waals surface area contributed by atoms with Crippen molar-refractivity contribution in [1.29, 1.82) is 0 Å². The van der Waals surface area contributed by atoms with Crippen LogP contribution in [-0.4, -0.2) is 23.4 Å². The van der Waals surface area contributed by atoms with Crippen molar-refractivity contribution in [2.75, 3.05) is 13.2 Å². The van der Waals surface area contributed by atoms with E-state index in [0.717, 1.165) is 24.0 Å². The SMILES string of the molecule is CCCC(CO)(CO)c1ccccc1C. The Morgan fingerprint density at radius 1 is 1.13 bits per heavy atom. The molecule has 0 saturated carbocycles. The van der Waals surface area contributed by atoms with E-state index in [1.807, 2.05) is 31.2 Å². The summed E-state index contributed by atoms with van der Waals surface area (Å²) in [7, 11) is 0. The van der Waals surface area contributed by atoms with Gasteiger partial charge >= 0.3 is 0 Å². The van der Waals surface area contributed by atoms with Crippen molar-refractivity contribution in [3.05, 3.63) is 35.4 Å². The molecule has 0 aliphatic rings. The number of rotatable bonds is 5. The van der Waals surface area contributed by atoms with Crippen molar-refractivity contribution in [3.8, 4) is 0 Å². The van der Waals surface area contributed by atoms with E-state index in [1.54, 1.807) is 0 Å². The van der Waals surface area contributed by atoms with Gasteiger partial charge in [-0.1, -0.05) is 37.6 Å². The molecule has 2 heteroatoms. The number of aliphatic hydroxyl groups is 2. The molecule has 1 aromatic carbocycles. The third-order valence-electron chi connectivity index (χ3n) is 3.05. The highest BCUT2D eigenvalue weighted by Gasteiger charge is 2.30. The molecule has 1 aromatic rings. The van der Waals surface area contributed by atoms with Crippen LogP contribution in [0.3, 0.4) is 0 Å². The highest BCUT2D eigenvalue weighted by atomic mass is 16.3. The van der Waals surface area contributed by atoms with Gasteiger partial charge in [0.25, 0.3) is 0 Å². The summed E-state index contributed by atoms with van der Waals surface area (Å²) in [5.41, 5.74) is 1.73. The molecule has 0 spiro atoms. The van der Waals surface area contributed by atoms with Crippen molar-refractivity contribution >= 4 is 0 Å². The third-order valence-corrected chi connectivity index (χ3v) is 3.05. The van der Waals surface area contributed by atoms with E-state index in [0.29, 0.717) is 0 Å². The summed E-state index contributed by atoms with van der Waals surface area (Å²) in [6.45, 7) is 4.09. The van der Waals surface area contributed by atoms with E-state index < -0.39 is 5.41 Å². The van der Waals surface area contributed by atoms with Gasteiger partial charge < -0.3 is 10.2 Å². The molecule has 0 aromatic heterocycles. The highest BCUT2D eigenvalue weighted by Crippen LogP contribution is 2.30. The van der Waals surface area contributed by atoms with E-state index in [9.17, 15) is 10.2 Å². The first-order valence-corrected chi connectivity index (χ1v) is 5.48. The van der Waals surface area contributed by atoms with Crippen molar-refractivity contribution in [2.24, 2.45) is 0 Å². The smallest absolute Gasteiger partial charge is 0.0550 e. The number of hydrogen-bond donors (Lipinski definition) is 2. The van der Waals surface area contributed by atoms with E-state index in [2.05, 4.69) is 6.92 Å². The molecular weight excluding hydrogens is 188 g/mol. The lowest BCUT2D eigenvalue weighted by Crippen LogP contribution is -2.35. The van der Waals surface area contributed by atoms with Gasteiger partial charge in [-0.2, -0.15) is 0 Å². The van der Waals surface area contributed by atoms with E-state index in [4.69, 9.17) is 0 Å². The topological polar surface area (TPSA) is 40.5 Å². The van der Waals surface area contributed by atoms with Crippen molar-refractivity contribution < 1.29 is 10.2 Å². The first-order chi connectivity index (χ1) is 7.20. The second kappa shape index (κ2) is 5.29. The van der Waals surface area contributed by atoms with Crippen LogP contribution >= 0.6 is 0 Å². The highest BCUT2D eigenvalue weighted by molar-refractivity contribution is 5.33. The van der Waals surface area contributed by atoms with Gasteiger partial charge in [0.2, 0.25) is 0 Å². The predicted molar refractivity (Wildman–Crippen MR) is 61.9 cm³/mol. The molecule has 0 fully saturated rings. The molecule has 0 aliphatic carbocycles. The average Bonchev–Trinajstić information content (AvgIpc) is 2.27. The summed E-state index contributed by atoms with van der Waals surface area (Å²) >= 11 is 0. The first-order valence-electron chi connectivity index (χ1n) is 5.48. The molecule has 0 atom stereocenters. The average molecular weight is 208 g/mol. The molecule has 0 unspecified atom stereocenters. The molecule has 2 nitrogen and oxygen atoms in total. The summed E-state index contributed by atoms with van der Waals surface area (Å²) in [5, 5.41) is 19.1. The monoisotopic (exact) mass is 208 g/mol. The molecule has 0 radical (unpaired) electrons. The van der Waals surface area contributed by atoms with Crippen LogP contribution in [-0.2, 0) is 5.41 Å². The van der Waals surface area contributed by atoms with Gasteiger partial charge in [0.15, 0.2) is 0 Å². The fraction of sp³-hybridized carbons (Fsp3) is 0.538. The summed E-state index contributed by atoms with van der Waals surface area (Å²) < 4.78 is 0. The Morgan fingerprint density at radius 2 is 1.73 bits per heavy atom. The second-order valence-corrected chi connectivity index (χ2v) is 4.16. The van der Waals surface area contributed by atoms with Crippen molar-refractivity contribution in [2.45, 2.75) is 32.1 Å². The van der Waals surface area contributed by atoms with Gasteiger partial charge in [-0.25, -0.2) is 0 Å². The Kier molecular flexibility index (Phi) is 4.30. The van der Waals surface area contributed by atoms with E-state index >= 15 is 0 Å². The zero-order valence-electron chi connectivity index (χ0n) is 9.53. The first kappa shape index (κ1) is 12.2. The standard InChI is InChI=1S/C13H20O2/c1-3-8-13(9-14,10-15)12-7-5-4-6-11(12)2/h4-7,14-15H,3,8-10H2,1-2H3. The van der Waals surface area contributed by atoms with Gasteiger partial charge in [0, 0.05) is 5.41 Å². The molecule has 0 saturated heterocycles. The fourth-order valence-electron chi connectivity index (χ4n) is 2.16. The Labute approximate surface area is 91.6 Å². The minimum Gasteiger partial charge on any atom is -0.395 e. The maximum atomic E-state index is 9.53. The Balaban J connectivity index is 3.13. The summed E-state index contributed by atoms with van der Waals surface area (Å²) in [4.78, 5) is 0. The summed E-state index contributed by atoms with van der Waals surface area (Å²) in [6, 6.07) is 7.95. The quantitative estimate of drug-likeness (QED) is 0.777. The maximum absolute atomic E-state index is 9.53. The molecule has 1 rings (SSSR count). The lowest BCUT2D eigenvalue weighted by Gasteiger charge is -2.31. The van der Waals surface area contributed by atoms with Gasteiger partial charge in [-0.3, -0.25) is 0 Å². The Hall–Kier alpha value is -0.860. The molecule has 15 heavy (non-hydrogen) atoms. The largest absolute Gasteiger partial charge is 0.395 e. The third kappa shape index (κ3) is 2.39. The molecule has 84 valence electrons. The minimum atomic E-state index is -0.472.